The van der Waals surface area contributed by atoms with Crippen LogP contribution in [0.3, 0.4) is 0 Å². The van der Waals surface area contributed by atoms with Crippen molar-refractivity contribution in [1.29, 1.82) is 5.41 Å². The second-order valence-corrected chi connectivity index (χ2v) is 8.76. The van der Waals surface area contributed by atoms with E-state index < -0.39 is 0 Å². The number of amidine groups is 2. The number of fused-ring (bicyclic) bond motifs is 1. The van der Waals surface area contributed by atoms with Gasteiger partial charge >= 0.3 is 0 Å². The molecule has 1 N–H and O–H groups in total. The number of thioether (sulfide) groups is 1. The second-order valence-electron chi connectivity index (χ2n) is 7.72. The molecule has 0 unspecified atom stereocenters. The Morgan fingerprint density at radius 1 is 1.17 bits per heavy atom. The molecule has 4 rings (SSSR count). The summed E-state index contributed by atoms with van der Waals surface area (Å²) in [5.74, 6) is -0.302. The molecule has 30 heavy (non-hydrogen) atoms. The van der Waals surface area contributed by atoms with Gasteiger partial charge in [-0.3, -0.25) is 10.2 Å². The summed E-state index contributed by atoms with van der Waals surface area (Å²) in [5, 5.41) is 15.9. The molecule has 1 amide bonds. The van der Waals surface area contributed by atoms with Gasteiger partial charge in [0, 0.05) is 17.1 Å². The van der Waals surface area contributed by atoms with E-state index in [9.17, 15) is 4.79 Å². The number of amides is 1. The van der Waals surface area contributed by atoms with Crippen molar-refractivity contribution in [3.63, 3.8) is 0 Å². The number of nitrogens with one attached hydrogen (secondary N) is 1. The first-order chi connectivity index (χ1) is 14.3. The van der Waals surface area contributed by atoms with E-state index in [1.54, 1.807) is 6.08 Å². The summed E-state index contributed by atoms with van der Waals surface area (Å²) in [6.07, 6.45) is 3.55. The van der Waals surface area contributed by atoms with Gasteiger partial charge in [-0.15, -0.1) is 0 Å². The predicted molar refractivity (Wildman–Crippen MR) is 125 cm³/mol. The van der Waals surface area contributed by atoms with Crippen molar-refractivity contribution in [2.45, 2.75) is 47.5 Å². The fourth-order valence-electron chi connectivity index (χ4n) is 3.77. The Labute approximate surface area is 180 Å². The fraction of sp³-hybridized carbons (Fsp3) is 0.304. The lowest BCUT2D eigenvalue weighted by atomic mass is 10.1. The molecule has 6 nitrogen and oxygen atoms in total. The molecule has 2 aliphatic rings. The molecule has 0 aliphatic carbocycles. The highest BCUT2D eigenvalue weighted by molar-refractivity contribution is 8.26. The van der Waals surface area contributed by atoms with E-state index in [2.05, 4.69) is 66.6 Å². The van der Waals surface area contributed by atoms with Gasteiger partial charge < -0.3 is 4.57 Å². The number of nitrogens with zero attached hydrogens (tertiary/aromatic N) is 4. The van der Waals surface area contributed by atoms with E-state index in [1.165, 1.54) is 27.9 Å². The van der Waals surface area contributed by atoms with E-state index in [0.29, 0.717) is 5.17 Å². The van der Waals surface area contributed by atoms with Crippen LogP contribution in [0.1, 0.15) is 47.8 Å². The van der Waals surface area contributed by atoms with Gasteiger partial charge in [0.15, 0.2) is 5.84 Å². The normalized spacial score (nSPS) is 17.5. The van der Waals surface area contributed by atoms with Crippen LogP contribution in [0.5, 0.6) is 0 Å². The van der Waals surface area contributed by atoms with Gasteiger partial charge in [-0.25, -0.2) is 0 Å². The number of carbonyl (C=O) groups excluding carboxylic acids is 1. The Balaban J connectivity index is 1.75. The molecule has 2 aliphatic heterocycles. The zero-order valence-electron chi connectivity index (χ0n) is 17.9. The summed E-state index contributed by atoms with van der Waals surface area (Å²) < 4.78 is 2.20. The number of aryl methyl sites for hydroxylation is 3. The molecule has 0 fully saturated rings. The van der Waals surface area contributed by atoms with Crippen molar-refractivity contribution < 1.29 is 4.79 Å². The van der Waals surface area contributed by atoms with Crippen LogP contribution >= 0.6 is 11.8 Å². The molecule has 3 heterocycles. The highest BCUT2D eigenvalue weighted by atomic mass is 32.2. The lowest BCUT2D eigenvalue weighted by Gasteiger charge is -2.20. The van der Waals surface area contributed by atoms with Crippen molar-refractivity contribution in [3.8, 4) is 5.69 Å². The van der Waals surface area contributed by atoms with Crippen LogP contribution in [0.2, 0.25) is 0 Å². The van der Waals surface area contributed by atoms with Crippen molar-refractivity contribution in [1.82, 2.24) is 9.58 Å². The average Bonchev–Trinajstić information content (AvgIpc) is 3.21. The first-order valence-electron chi connectivity index (χ1n) is 10.1. The maximum Gasteiger partial charge on any atom is 0.283 e. The SMILES string of the molecule is CCCC1=NN2C(=N)/C(=C/c3cc(C)n(-c4cc(C)ccc4C)c3C)C(=O)N=C2S1. The minimum absolute atomic E-state index is 0.0835. The van der Waals surface area contributed by atoms with Crippen LogP contribution in [-0.2, 0) is 4.79 Å². The van der Waals surface area contributed by atoms with Gasteiger partial charge in [0.25, 0.3) is 5.91 Å². The Hall–Kier alpha value is -2.93. The number of benzene rings is 1. The first-order valence-corrected chi connectivity index (χ1v) is 10.9. The molecule has 0 radical (unpaired) electrons. The summed E-state index contributed by atoms with van der Waals surface area (Å²) in [4.78, 5) is 16.9. The molecule has 0 saturated carbocycles. The third-order valence-electron chi connectivity index (χ3n) is 5.34. The lowest BCUT2D eigenvalue weighted by Crippen LogP contribution is -2.35. The zero-order chi connectivity index (χ0) is 21.6. The van der Waals surface area contributed by atoms with Crippen molar-refractivity contribution in [3.05, 3.63) is 57.9 Å². The van der Waals surface area contributed by atoms with Crippen molar-refractivity contribution >= 4 is 39.8 Å². The summed E-state index contributed by atoms with van der Waals surface area (Å²) in [5.41, 5.74) is 6.78. The molecule has 0 bridgehead atoms. The van der Waals surface area contributed by atoms with Gasteiger partial charge in [-0.1, -0.05) is 19.1 Å². The second kappa shape index (κ2) is 7.72. The van der Waals surface area contributed by atoms with Gasteiger partial charge in [-0.05, 0) is 87.2 Å². The lowest BCUT2D eigenvalue weighted by molar-refractivity contribution is -0.114. The third-order valence-corrected chi connectivity index (χ3v) is 6.30. The van der Waals surface area contributed by atoms with Gasteiger partial charge in [-0.2, -0.15) is 15.1 Å². The maximum atomic E-state index is 12.7. The van der Waals surface area contributed by atoms with Crippen LogP contribution < -0.4 is 0 Å². The standard InChI is InChI=1S/C23H25N5OS/c1-6-7-20-26-28-21(24)18(22(29)25-23(28)30-20)12-17-11-15(4)27(16(17)5)19-10-13(2)8-9-14(19)3/h8-12,24H,6-7H2,1-5H3/b18-12-,24-21?. The predicted octanol–water partition coefficient (Wildman–Crippen LogP) is 5.13. The van der Waals surface area contributed by atoms with Gasteiger partial charge in [0.05, 0.1) is 5.57 Å². The smallest absolute Gasteiger partial charge is 0.283 e. The summed E-state index contributed by atoms with van der Waals surface area (Å²) >= 11 is 1.38. The Morgan fingerprint density at radius 2 is 1.93 bits per heavy atom. The quantitative estimate of drug-likeness (QED) is 0.698. The highest BCUT2D eigenvalue weighted by Gasteiger charge is 2.35. The third kappa shape index (κ3) is 3.43. The molecule has 0 atom stereocenters. The summed E-state index contributed by atoms with van der Waals surface area (Å²) in [6, 6.07) is 8.44. The number of hydrazone groups is 1. The van der Waals surface area contributed by atoms with E-state index in [1.807, 2.05) is 6.92 Å². The Kier molecular flexibility index (Phi) is 5.24. The number of aliphatic imine (C=N–C) groups is 1. The monoisotopic (exact) mass is 419 g/mol. The van der Waals surface area contributed by atoms with Crippen molar-refractivity contribution in [2.75, 3.05) is 0 Å². The number of aromatic nitrogens is 1. The van der Waals surface area contributed by atoms with E-state index in [0.717, 1.165) is 40.5 Å². The van der Waals surface area contributed by atoms with Crippen LogP contribution in [-0.4, -0.2) is 31.5 Å². The molecular formula is C23H25N5OS. The first kappa shape index (κ1) is 20.3. The van der Waals surface area contributed by atoms with Gasteiger partial charge in [0.2, 0.25) is 5.17 Å². The van der Waals surface area contributed by atoms with Gasteiger partial charge in [0.1, 0.15) is 5.04 Å². The largest absolute Gasteiger partial charge is 0.318 e. The topological polar surface area (TPSA) is 73.8 Å². The Morgan fingerprint density at radius 3 is 2.67 bits per heavy atom. The van der Waals surface area contributed by atoms with E-state index >= 15 is 0 Å². The minimum atomic E-state index is -0.386. The number of rotatable bonds is 4. The average molecular weight is 420 g/mol. The van der Waals surface area contributed by atoms with Crippen LogP contribution in [0.25, 0.3) is 11.8 Å². The number of hydrogen-bond donors (Lipinski definition) is 1. The molecule has 1 aromatic carbocycles. The van der Waals surface area contributed by atoms with E-state index in [-0.39, 0.29) is 17.3 Å². The molecule has 0 spiro atoms. The molecule has 7 heteroatoms. The molecule has 2 aromatic rings. The number of carbonyl (C=O) groups is 1. The fourth-order valence-corrected chi connectivity index (χ4v) is 4.75. The zero-order valence-corrected chi connectivity index (χ0v) is 18.7. The molecule has 0 saturated heterocycles. The number of hydrogen-bond acceptors (Lipinski definition) is 4. The van der Waals surface area contributed by atoms with Crippen LogP contribution in [0.15, 0.2) is 39.9 Å². The Bertz CT molecular complexity index is 1170. The van der Waals surface area contributed by atoms with Crippen molar-refractivity contribution in [2.24, 2.45) is 10.1 Å². The minimum Gasteiger partial charge on any atom is -0.318 e. The molecule has 154 valence electrons. The van der Waals surface area contributed by atoms with E-state index in [4.69, 9.17) is 5.41 Å². The summed E-state index contributed by atoms with van der Waals surface area (Å²) in [7, 11) is 0. The summed E-state index contributed by atoms with van der Waals surface area (Å²) in [6.45, 7) is 10.4. The maximum absolute atomic E-state index is 12.7. The highest BCUT2D eigenvalue weighted by Crippen LogP contribution is 2.31. The molecular weight excluding hydrogens is 394 g/mol. The van der Waals surface area contributed by atoms with Crippen LogP contribution in [0, 0.1) is 33.1 Å². The molecule has 1 aromatic heterocycles. The van der Waals surface area contributed by atoms with Crippen LogP contribution in [0.4, 0.5) is 0 Å².